The molecule has 0 saturated carbocycles. The molecule has 2 nitrogen and oxygen atoms in total. The molecule has 0 fully saturated rings. The van der Waals surface area contributed by atoms with E-state index in [-0.39, 0.29) is 0 Å². The van der Waals surface area contributed by atoms with Crippen LogP contribution in [-0.2, 0) is 6.54 Å². The van der Waals surface area contributed by atoms with Crippen LogP contribution in [0.3, 0.4) is 0 Å². The van der Waals surface area contributed by atoms with Gasteiger partial charge in [0.15, 0.2) is 5.75 Å². The third kappa shape index (κ3) is 4.19. The minimum Gasteiger partial charge on any atom is -0.491 e. The first-order valence-corrected chi connectivity index (χ1v) is 7.75. The number of halogens is 3. The van der Waals surface area contributed by atoms with E-state index in [1.54, 1.807) is 0 Å². The van der Waals surface area contributed by atoms with Gasteiger partial charge in [0.1, 0.15) is 0 Å². The molecule has 0 atom stereocenters. The number of aryl methyl sites for hydroxylation is 1. The number of hydrogen-bond donors (Lipinski definition) is 1. The Labute approximate surface area is 140 Å². The van der Waals surface area contributed by atoms with Crippen LogP contribution < -0.4 is 10.1 Å². The standard InChI is InChI=1S/C16H16Cl3NO/c1-3-21-16-14(18)6-11(7-15(16)19)9-20-12-5-4-10(2)13(17)8-12/h4-8,20H,3,9H2,1-2H3. The Morgan fingerprint density at radius 2 is 1.67 bits per heavy atom. The molecule has 1 N–H and O–H groups in total. The third-order valence-electron chi connectivity index (χ3n) is 3.02. The number of nitrogens with one attached hydrogen (secondary N) is 1. The fraction of sp³-hybridized carbons (Fsp3) is 0.250. The van der Waals surface area contributed by atoms with Gasteiger partial charge in [-0.25, -0.2) is 0 Å². The van der Waals surface area contributed by atoms with Crippen molar-refractivity contribution in [3.8, 4) is 5.75 Å². The van der Waals surface area contributed by atoms with E-state index in [0.29, 0.717) is 28.9 Å². The molecule has 0 spiro atoms. The van der Waals surface area contributed by atoms with E-state index in [1.165, 1.54) is 0 Å². The fourth-order valence-electron chi connectivity index (χ4n) is 1.90. The predicted octanol–water partition coefficient (Wildman–Crippen LogP) is 5.97. The van der Waals surface area contributed by atoms with Crippen LogP contribution >= 0.6 is 34.8 Å². The smallest absolute Gasteiger partial charge is 0.156 e. The van der Waals surface area contributed by atoms with Gasteiger partial charge in [0.2, 0.25) is 0 Å². The van der Waals surface area contributed by atoms with E-state index < -0.39 is 0 Å². The summed E-state index contributed by atoms with van der Waals surface area (Å²) in [5, 5.41) is 5.06. The lowest BCUT2D eigenvalue weighted by Gasteiger charge is -2.12. The summed E-state index contributed by atoms with van der Waals surface area (Å²) in [6.45, 7) is 4.99. The maximum Gasteiger partial charge on any atom is 0.156 e. The zero-order valence-electron chi connectivity index (χ0n) is 11.8. The highest BCUT2D eigenvalue weighted by Gasteiger charge is 2.09. The summed E-state index contributed by atoms with van der Waals surface area (Å²) in [4.78, 5) is 0. The summed E-state index contributed by atoms with van der Waals surface area (Å²) in [6.07, 6.45) is 0. The molecule has 0 aliphatic carbocycles. The van der Waals surface area contributed by atoms with Crippen LogP contribution in [0.1, 0.15) is 18.1 Å². The van der Waals surface area contributed by atoms with Crippen molar-refractivity contribution in [2.75, 3.05) is 11.9 Å². The number of rotatable bonds is 5. The molecular formula is C16H16Cl3NO. The van der Waals surface area contributed by atoms with Crippen molar-refractivity contribution in [3.05, 3.63) is 56.5 Å². The van der Waals surface area contributed by atoms with Crippen molar-refractivity contribution >= 4 is 40.5 Å². The minimum atomic E-state index is 0.517. The molecule has 0 aliphatic rings. The van der Waals surface area contributed by atoms with Gasteiger partial charge in [0, 0.05) is 17.3 Å². The van der Waals surface area contributed by atoms with Crippen molar-refractivity contribution in [1.82, 2.24) is 0 Å². The Morgan fingerprint density at radius 3 is 2.24 bits per heavy atom. The van der Waals surface area contributed by atoms with Crippen LogP contribution in [0.5, 0.6) is 5.75 Å². The van der Waals surface area contributed by atoms with Crippen molar-refractivity contribution in [3.63, 3.8) is 0 Å². The molecule has 5 heteroatoms. The van der Waals surface area contributed by atoms with E-state index in [9.17, 15) is 0 Å². The maximum atomic E-state index is 6.18. The van der Waals surface area contributed by atoms with Crippen LogP contribution in [0.25, 0.3) is 0 Å². The Kier molecular flexibility index (Phi) is 5.63. The van der Waals surface area contributed by atoms with Crippen LogP contribution in [0.15, 0.2) is 30.3 Å². The van der Waals surface area contributed by atoms with Crippen molar-refractivity contribution < 1.29 is 4.74 Å². The summed E-state index contributed by atoms with van der Waals surface area (Å²) in [6, 6.07) is 9.55. The van der Waals surface area contributed by atoms with Gasteiger partial charge in [-0.05, 0) is 49.2 Å². The third-order valence-corrected chi connectivity index (χ3v) is 3.98. The van der Waals surface area contributed by atoms with Gasteiger partial charge >= 0.3 is 0 Å². The molecular weight excluding hydrogens is 329 g/mol. The van der Waals surface area contributed by atoms with E-state index >= 15 is 0 Å². The lowest BCUT2D eigenvalue weighted by Crippen LogP contribution is -2.01. The lowest BCUT2D eigenvalue weighted by atomic mass is 10.2. The average molecular weight is 345 g/mol. The second kappa shape index (κ2) is 7.26. The topological polar surface area (TPSA) is 21.3 Å². The monoisotopic (exact) mass is 343 g/mol. The van der Waals surface area contributed by atoms with Gasteiger partial charge in [0.25, 0.3) is 0 Å². The largest absolute Gasteiger partial charge is 0.491 e. The Morgan fingerprint density at radius 1 is 1.00 bits per heavy atom. The molecule has 2 rings (SSSR count). The summed E-state index contributed by atoms with van der Waals surface area (Å²) < 4.78 is 5.41. The summed E-state index contributed by atoms with van der Waals surface area (Å²) in [5.41, 5.74) is 2.98. The maximum absolute atomic E-state index is 6.18. The summed E-state index contributed by atoms with van der Waals surface area (Å²) in [7, 11) is 0. The molecule has 0 saturated heterocycles. The van der Waals surface area contributed by atoms with Gasteiger partial charge in [-0.1, -0.05) is 40.9 Å². The zero-order chi connectivity index (χ0) is 15.4. The Bertz CT molecular complexity index is 620. The van der Waals surface area contributed by atoms with E-state index in [2.05, 4.69) is 5.32 Å². The molecule has 0 radical (unpaired) electrons. The normalized spacial score (nSPS) is 10.5. The number of benzene rings is 2. The predicted molar refractivity (Wildman–Crippen MR) is 91.1 cm³/mol. The first kappa shape index (κ1) is 16.3. The summed E-state index contributed by atoms with van der Waals surface area (Å²) >= 11 is 18.5. The summed E-state index contributed by atoms with van der Waals surface area (Å²) in [5.74, 6) is 0.531. The molecule has 0 amide bonds. The van der Waals surface area contributed by atoms with E-state index in [1.807, 2.05) is 44.2 Å². The van der Waals surface area contributed by atoms with Gasteiger partial charge in [-0.15, -0.1) is 0 Å². The molecule has 2 aromatic carbocycles. The first-order valence-electron chi connectivity index (χ1n) is 6.62. The highest BCUT2D eigenvalue weighted by atomic mass is 35.5. The molecule has 0 bridgehead atoms. The van der Waals surface area contributed by atoms with Gasteiger partial charge in [0.05, 0.1) is 16.7 Å². The van der Waals surface area contributed by atoms with Crippen LogP contribution in [0, 0.1) is 6.92 Å². The van der Waals surface area contributed by atoms with Crippen LogP contribution in [0.4, 0.5) is 5.69 Å². The highest BCUT2D eigenvalue weighted by molar-refractivity contribution is 6.37. The fourth-order valence-corrected chi connectivity index (χ4v) is 2.73. The van der Waals surface area contributed by atoms with Gasteiger partial charge < -0.3 is 10.1 Å². The molecule has 0 heterocycles. The second-order valence-electron chi connectivity index (χ2n) is 4.64. The SMILES string of the molecule is CCOc1c(Cl)cc(CNc2ccc(C)c(Cl)c2)cc1Cl. The molecule has 2 aromatic rings. The minimum absolute atomic E-state index is 0.517. The number of hydrogen-bond acceptors (Lipinski definition) is 2. The molecule has 0 aliphatic heterocycles. The number of ether oxygens (including phenoxy) is 1. The highest BCUT2D eigenvalue weighted by Crippen LogP contribution is 2.34. The van der Waals surface area contributed by atoms with Crippen LogP contribution in [0.2, 0.25) is 15.1 Å². The first-order chi connectivity index (χ1) is 10.0. The molecule has 112 valence electrons. The molecule has 21 heavy (non-hydrogen) atoms. The quantitative estimate of drug-likeness (QED) is 0.722. The Hall–Kier alpha value is -1.09. The molecule has 0 unspecified atom stereocenters. The average Bonchev–Trinajstić information content (AvgIpc) is 2.44. The van der Waals surface area contributed by atoms with E-state index in [0.717, 1.165) is 21.8 Å². The zero-order valence-corrected chi connectivity index (χ0v) is 14.1. The van der Waals surface area contributed by atoms with E-state index in [4.69, 9.17) is 39.5 Å². The Balaban J connectivity index is 2.11. The van der Waals surface area contributed by atoms with Crippen molar-refractivity contribution in [2.45, 2.75) is 20.4 Å². The van der Waals surface area contributed by atoms with Crippen LogP contribution in [-0.4, -0.2) is 6.61 Å². The van der Waals surface area contributed by atoms with Gasteiger partial charge in [-0.3, -0.25) is 0 Å². The van der Waals surface area contributed by atoms with Gasteiger partial charge in [-0.2, -0.15) is 0 Å². The van der Waals surface area contributed by atoms with Crippen molar-refractivity contribution in [1.29, 1.82) is 0 Å². The molecule has 0 aromatic heterocycles. The number of anilines is 1. The lowest BCUT2D eigenvalue weighted by molar-refractivity contribution is 0.340. The second-order valence-corrected chi connectivity index (χ2v) is 5.86. The van der Waals surface area contributed by atoms with Crippen molar-refractivity contribution in [2.24, 2.45) is 0 Å².